The average molecular weight is 419 g/mol. The average Bonchev–Trinajstić information content (AvgIpc) is 2.99. The van der Waals surface area contributed by atoms with Crippen molar-refractivity contribution < 1.29 is 22.7 Å². The van der Waals surface area contributed by atoms with Crippen LogP contribution < -0.4 is 4.74 Å². The smallest absolute Gasteiger partial charge is 0.406 e. The van der Waals surface area contributed by atoms with Gasteiger partial charge in [-0.05, 0) is 47.0 Å². The summed E-state index contributed by atoms with van der Waals surface area (Å²) in [4.78, 5) is 18.5. The summed E-state index contributed by atoms with van der Waals surface area (Å²) >= 11 is 6.38. The number of rotatable bonds is 4. The molecule has 0 atom stereocenters. The zero-order chi connectivity index (χ0) is 20.6. The third-order valence-electron chi connectivity index (χ3n) is 4.56. The van der Waals surface area contributed by atoms with Gasteiger partial charge in [0.15, 0.2) is 0 Å². The van der Waals surface area contributed by atoms with Crippen LogP contribution in [0.1, 0.15) is 21.5 Å². The van der Waals surface area contributed by atoms with E-state index in [0.29, 0.717) is 22.7 Å². The number of halogens is 4. The molecule has 2 heterocycles. The Morgan fingerprint density at radius 2 is 1.86 bits per heavy atom. The van der Waals surface area contributed by atoms with Crippen molar-refractivity contribution in [2.75, 3.05) is 0 Å². The van der Waals surface area contributed by atoms with Gasteiger partial charge in [-0.15, -0.1) is 13.2 Å². The van der Waals surface area contributed by atoms with Gasteiger partial charge in [0, 0.05) is 31.0 Å². The van der Waals surface area contributed by atoms with Gasteiger partial charge in [0.2, 0.25) is 0 Å². The molecular weight excluding hydrogens is 405 g/mol. The Morgan fingerprint density at radius 3 is 2.52 bits per heavy atom. The second-order valence-electron chi connectivity index (χ2n) is 6.59. The maximum absolute atomic E-state index is 12.8. The summed E-state index contributed by atoms with van der Waals surface area (Å²) in [6.07, 6.45) is -1.34. The Bertz CT molecular complexity index is 1050. The van der Waals surface area contributed by atoms with Crippen LogP contribution in [0.4, 0.5) is 13.2 Å². The Kier molecular flexibility index (Phi) is 4.92. The fourth-order valence-corrected chi connectivity index (χ4v) is 3.63. The Morgan fingerprint density at radius 1 is 1.10 bits per heavy atom. The van der Waals surface area contributed by atoms with Crippen LogP contribution in [0.25, 0.3) is 11.1 Å². The Labute approximate surface area is 169 Å². The lowest BCUT2D eigenvalue weighted by Crippen LogP contribution is -2.23. The molecule has 0 unspecified atom stereocenters. The van der Waals surface area contributed by atoms with Gasteiger partial charge in [-0.2, -0.15) is 0 Å². The van der Waals surface area contributed by atoms with Crippen LogP contribution >= 0.6 is 11.6 Å². The Hall–Kier alpha value is -3.06. The third kappa shape index (κ3) is 4.19. The van der Waals surface area contributed by atoms with Crippen LogP contribution in [-0.2, 0) is 13.1 Å². The fourth-order valence-electron chi connectivity index (χ4n) is 3.31. The van der Waals surface area contributed by atoms with E-state index >= 15 is 0 Å². The summed E-state index contributed by atoms with van der Waals surface area (Å²) < 4.78 is 40.7. The lowest BCUT2D eigenvalue weighted by molar-refractivity contribution is -0.274. The van der Waals surface area contributed by atoms with E-state index in [1.807, 2.05) is 18.2 Å². The molecule has 29 heavy (non-hydrogen) atoms. The zero-order valence-corrected chi connectivity index (χ0v) is 15.7. The van der Waals surface area contributed by atoms with E-state index < -0.39 is 6.36 Å². The molecule has 8 heteroatoms. The lowest BCUT2D eigenvalue weighted by atomic mass is 10.0. The molecule has 0 aliphatic carbocycles. The number of alkyl halides is 3. The Balaban J connectivity index is 1.53. The lowest BCUT2D eigenvalue weighted by Gasteiger charge is -2.16. The first-order valence-corrected chi connectivity index (χ1v) is 9.05. The maximum atomic E-state index is 12.8. The van der Waals surface area contributed by atoms with E-state index in [9.17, 15) is 18.0 Å². The molecule has 1 aliphatic heterocycles. The molecule has 2 aromatic carbocycles. The second-order valence-corrected chi connectivity index (χ2v) is 6.99. The molecule has 1 aromatic heterocycles. The molecule has 0 bridgehead atoms. The standard InChI is InChI=1S/C21H14ClF3N2O2/c22-18-9-15(14-2-1-7-26-10-14)8-16-12-27(20(28)19(16)18)11-13-3-5-17(6-4-13)29-21(23,24)25/h1-10H,11-12H2. The maximum Gasteiger partial charge on any atom is 0.573 e. The highest BCUT2D eigenvalue weighted by Crippen LogP contribution is 2.35. The molecular formula is C21H14ClF3N2O2. The van der Waals surface area contributed by atoms with Crippen LogP contribution in [0.5, 0.6) is 5.75 Å². The molecule has 0 fully saturated rings. The number of amides is 1. The number of carbonyl (C=O) groups excluding carboxylic acids is 1. The van der Waals surface area contributed by atoms with Crippen molar-refractivity contribution in [2.45, 2.75) is 19.5 Å². The molecule has 0 saturated carbocycles. The minimum absolute atomic E-state index is 0.210. The SMILES string of the molecule is O=C1c2c(Cl)cc(-c3cccnc3)cc2CN1Cc1ccc(OC(F)(F)F)cc1. The summed E-state index contributed by atoms with van der Waals surface area (Å²) in [5.74, 6) is -0.514. The third-order valence-corrected chi connectivity index (χ3v) is 4.86. The second kappa shape index (κ2) is 7.40. The van der Waals surface area contributed by atoms with Crippen molar-refractivity contribution >= 4 is 17.5 Å². The number of aromatic nitrogens is 1. The van der Waals surface area contributed by atoms with Gasteiger partial charge >= 0.3 is 6.36 Å². The van der Waals surface area contributed by atoms with Crippen molar-refractivity contribution in [3.63, 3.8) is 0 Å². The molecule has 148 valence electrons. The molecule has 1 aliphatic rings. The molecule has 0 saturated heterocycles. The minimum Gasteiger partial charge on any atom is -0.406 e. The van der Waals surface area contributed by atoms with Crippen molar-refractivity contribution in [3.05, 3.63) is 82.6 Å². The van der Waals surface area contributed by atoms with E-state index in [1.54, 1.807) is 23.4 Å². The van der Waals surface area contributed by atoms with Crippen LogP contribution in [0, 0.1) is 0 Å². The van der Waals surface area contributed by atoms with Gasteiger partial charge < -0.3 is 9.64 Å². The predicted octanol–water partition coefficient (Wildman–Crippen LogP) is 5.46. The normalized spacial score (nSPS) is 13.5. The van der Waals surface area contributed by atoms with Crippen LogP contribution in [0.15, 0.2) is 60.9 Å². The van der Waals surface area contributed by atoms with E-state index in [4.69, 9.17) is 11.6 Å². The van der Waals surface area contributed by atoms with Gasteiger partial charge in [-0.25, -0.2) is 0 Å². The predicted molar refractivity (Wildman–Crippen MR) is 101 cm³/mol. The quantitative estimate of drug-likeness (QED) is 0.565. The minimum atomic E-state index is -4.74. The van der Waals surface area contributed by atoms with Gasteiger partial charge in [-0.1, -0.05) is 29.8 Å². The van der Waals surface area contributed by atoms with Crippen molar-refractivity contribution in [1.29, 1.82) is 0 Å². The van der Waals surface area contributed by atoms with Crippen LogP contribution in [0.2, 0.25) is 5.02 Å². The van der Waals surface area contributed by atoms with E-state index in [2.05, 4.69) is 9.72 Å². The summed E-state index contributed by atoms with van der Waals surface area (Å²) in [7, 11) is 0. The highest BCUT2D eigenvalue weighted by atomic mass is 35.5. The molecule has 1 amide bonds. The number of hydrogen-bond acceptors (Lipinski definition) is 3. The summed E-state index contributed by atoms with van der Waals surface area (Å²) in [6.45, 7) is 0.612. The molecule has 3 aromatic rings. The molecule has 0 radical (unpaired) electrons. The molecule has 4 rings (SSSR count). The van der Waals surface area contributed by atoms with Gasteiger partial charge in [-0.3, -0.25) is 9.78 Å². The van der Waals surface area contributed by atoms with Crippen LogP contribution in [0.3, 0.4) is 0 Å². The number of ether oxygens (including phenoxy) is 1. The van der Waals surface area contributed by atoms with Crippen molar-refractivity contribution in [1.82, 2.24) is 9.88 Å². The first-order chi connectivity index (χ1) is 13.8. The topological polar surface area (TPSA) is 42.4 Å². The number of benzene rings is 2. The highest BCUT2D eigenvalue weighted by molar-refractivity contribution is 6.34. The number of hydrogen-bond donors (Lipinski definition) is 0. The van der Waals surface area contributed by atoms with Crippen molar-refractivity contribution in [2.24, 2.45) is 0 Å². The largest absolute Gasteiger partial charge is 0.573 e. The molecule has 0 spiro atoms. The first-order valence-electron chi connectivity index (χ1n) is 8.67. The van der Waals surface area contributed by atoms with Crippen LogP contribution in [-0.4, -0.2) is 22.2 Å². The highest BCUT2D eigenvalue weighted by Gasteiger charge is 2.32. The number of pyridine rings is 1. The summed E-state index contributed by atoms with van der Waals surface area (Å²) in [5, 5.41) is 0.364. The monoisotopic (exact) mass is 418 g/mol. The van der Waals surface area contributed by atoms with E-state index in [1.165, 1.54) is 24.3 Å². The summed E-state index contributed by atoms with van der Waals surface area (Å²) in [5.41, 5.74) is 3.70. The first kappa shape index (κ1) is 19.3. The number of fused-ring (bicyclic) bond motifs is 1. The molecule has 0 N–H and O–H groups in total. The van der Waals surface area contributed by atoms with E-state index in [-0.39, 0.29) is 18.2 Å². The van der Waals surface area contributed by atoms with Gasteiger partial charge in [0.1, 0.15) is 5.75 Å². The summed E-state index contributed by atoms with van der Waals surface area (Å²) in [6, 6.07) is 12.8. The van der Waals surface area contributed by atoms with Gasteiger partial charge in [0.25, 0.3) is 5.91 Å². The number of carbonyl (C=O) groups is 1. The van der Waals surface area contributed by atoms with Gasteiger partial charge in [0.05, 0.1) is 10.6 Å². The van der Waals surface area contributed by atoms with E-state index in [0.717, 1.165) is 16.7 Å². The fraction of sp³-hybridized carbons (Fsp3) is 0.143. The number of nitrogens with zero attached hydrogens (tertiary/aromatic N) is 2. The van der Waals surface area contributed by atoms with Crippen molar-refractivity contribution in [3.8, 4) is 16.9 Å². The molecule has 4 nitrogen and oxygen atoms in total. The zero-order valence-electron chi connectivity index (χ0n) is 14.9.